The van der Waals surface area contributed by atoms with Crippen molar-refractivity contribution in [2.45, 2.75) is 45.3 Å². The summed E-state index contributed by atoms with van der Waals surface area (Å²) in [5.74, 6) is 0.104. The largest absolute Gasteiger partial charge is 0.444 e. The Hall–Kier alpha value is -2.04. The highest BCUT2D eigenvalue weighted by molar-refractivity contribution is 5.74. The number of hydrogen-bond acceptors (Lipinski definition) is 3. The third kappa shape index (κ3) is 4.23. The van der Waals surface area contributed by atoms with Crippen LogP contribution in [0.5, 0.6) is 0 Å². The molecule has 0 bridgehead atoms. The van der Waals surface area contributed by atoms with Crippen LogP contribution in [0, 0.1) is 0 Å². The number of alkyl carbamates (subject to hydrolysis) is 1. The van der Waals surface area contributed by atoms with Crippen molar-refractivity contribution >= 4 is 12.0 Å². The normalized spacial score (nSPS) is 21.5. The number of likely N-dealkylation sites (tertiary alicyclic amines) is 1. The van der Waals surface area contributed by atoms with E-state index in [0.29, 0.717) is 13.1 Å². The zero-order valence-electron chi connectivity index (χ0n) is 13.6. The van der Waals surface area contributed by atoms with Crippen LogP contribution in [0.4, 0.5) is 4.79 Å². The molecular formula is C17H24N2O3. The standard InChI is InChI=1S/C17H24N2O3/c1-12(20)19-10-14(13-8-6-5-7-9-13)15(11-19)18-16(21)22-17(2,3)4/h5-9,14-15H,10-11H2,1-4H3,(H,18,21). The molecule has 120 valence electrons. The molecule has 5 nitrogen and oxygen atoms in total. The molecule has 0 radical (unpaired) electrons. The number of carbonyl (C=O) groups is 2. The van der Waals surface area contributed by atoms with Crippen LogP contribution in [0.1, 0.15) is 39.2 Å². The summed E-state index contributed by atoms with van der Waals surface area (Å²) in [5.41, 5.74) is 0.581. The fourth-order valence-electron chi connectivity index (χ4n) is 2.70. The third-order valence-corrected chi connectivity index (χ3v) is 3.70. The van der Waals surface area contributed by atoms with Gasteiger partial charge in [0.1, 0.15) is 5.60 Å². The van der Waals surface area contributed by atoms with Crippen LogP contribution in [0.15, 0.2) is 30.3 Å². The molecule has 2 rings (SSSR count). The van der Waals surface area contributed by atoms with Gasteiger partial charge in [-0.15, -0.1) is 0 Å². The Bertz CT molecular complexity index is 537. The topological polar surface area (TPSA) is 58.6 Å². The van der Waals surface area contributed by atoms with Crippen LogP contribution in [0.25, 0.3) is 0 Å². The summed E-state index contributed by atoms with van der Waals surface area (Å²) in [6, 6.07) is 9.81. The lowest BCUT2D eigenvalue weighted by Gasteiger charge is -2.24. The average molecular weight is 304 g/mol. The Kier molecular flexibility index (Phi) is 4.74. The molecule has 5 heteroatoms. The van der Waals surface area contributed by atoms with Crippen LogP contribution in [-0.4, -0.2) is 41.6 Å². The number of ether oxygens (including phenoxy) is 1. The van der Waals surface area contributed by atoms with E-state index in [1.54, 1.807) is 11.8 Å². The first-order chi connectivity index (χ1) is 10.3. The zero-order valence-corrected chi connectivity index (χ0v) is 13.6. The molecule has 1 aliphatic heterocycles. The Morgan fingerprint density at radius 2 is 1.82 bits per heavy atom. The van der Waals surface area contributed by atoms with Crippen molar-refractivity contribution in [3.63, 3.8) is 0 Å². The minimum absolute atomic E-state index is 0.0226. The first-order valence-electron chi connectivity index (χ1n) is 7.56. The van der Waals surface area contributed by atoms with E-state index in [9.17, 15) is 9.59 Å². The van der Waals surface area contributed by atoms with Crippen LogP contribution in [0.3, 0.4) is 0 Å². The van der Waals surface area contributed by atoms with Crippen molar-refractivity contribution in [2.75, 3.05) is 13.1 Å². The zero-order chi connectivity index (χ0) is 16.3. The summed E-state index contributed by atoms with van der Waals surface area (Å²) < 4.78 is 5.33. The van der Waals surface area contributed by atoms with Gasteiger partial charge in [-0.25, -0.2) is 4.79 Å². The number of hydrogen-bond donors (Lipinski definition) is 1. The first-order valence-corrected chi connectivity index (χ1v) is 7.56. The summed E-state index contributed by atoms with van der Waals surface area (Å²) >= 11 is 0. The van der Waals surface area contributed by atoms with E-state index in [4.69, 9.17) is 4.74 Å². The molecular weight excluding hydrogens is 280 g/mol. The van der Waals surface area contributed by atoms with Gasteiger partial charge in [0.25, 0.3) is 0 Å². The Morgan fingerprint density at radius 3 is 2.36 bits per heavy atom. The molecule has 1 fully saturated rings. The Morgan fingerprint density at radius 1 is 1.18 bits per heavy atom. The molecule has 1 heterocycles. The molecule has 2 atom stereocenters. The molecule has 2 amide bonds. The lowest BCUT2D eigenvalue weighted by Crippen LogP contribution is -2.43. The molecule has 1 aromatic rings. The Balaban J connectivity index is 2.12. The average Bonchev–Trinajstić information content (AvgIpc) is 2.81. The van der Waals surface area contributed by atoms with Crippen molar-refractivity contribution in [3.05, 3.63) is 35.9 Å². The SMILES string of the molecule is CC(=O)N1CC(NC(=O)OC(C)(C)C)C(c2ccccc2)C1. The molecule has 1 aliphatic rings. The van der Waals surface area contributed by atoms with E-state index in [2.05, 4.69) is 5.32 Å². The molecule has 1 N–H and O–H groups in total. The number of nitrogens with zero attached hydrogens (tertiary/aromatic N) is 1. The second-order valence-corrected chi connectivity index (χ2v) is 6.69. The number of carbonyl (C=O) groups excluding carboxylic acids is 2. The van der Waals surface area contributed by atoms with Gasteiger partial charge in [0.15, 0.2) is 0 Å². The van der Waals surface area contributed by atoms with Crippen molar-refractivity contribution in [3.8, 4) is 0 Å². The summed E-state index contributed by atoms with van der Waals surface area (Å²) in [6.07, 6.45) is -0.441. The number of benzene rings is 1. The van der Waals surface area contributed by atoms with Gasteiger partial charge in [0, 0.05) is 25.9 Å². The Labute approximate surface area is 131 Å². The number of rotatable bonds is 2. The van der Waals surface area contributed by atoms with Crippen LogP contribution in [-0.2, 0) is 9.53 Å². The van der Waals surface area contributed by atoms with E-state index < -0.39 is 11.7 Å². The maximum absolute atomic E-state index is 12.0. The minimum atomic E-state index is -0.537. The molecule has 0 saturated carbocycles. The quantitative estimate of drug-likeness (QED) is 0.913. The summed E-state index contributed by atoms with van der Waals surface area (Å²) in [6.45, 7) is 8.17. The summed E-state index contributed by atoms with van der Waals surface area (Å²) in [4.78, 5) is 25.5. The summed E-state index contributed by atoms with van der Waals surface area (Å²) in [5, 5.41) is 2.91. The van der Waals surface area contributed by atoms with E-state index in [1.807, 2.05) is 51.1 Å². The number of amides is 2. The fourth-order valence-corrected chi connectivity index (χ4v) is 2.70. The van der Waals surface area contributed by atoms with E-state index >= 15 is 0 Å². The van der Waals surface area contributed by atoms with Gasteiger partial charge in [-0.2, -0.15) is 0 Å². The van der Waals surface area contributed by atoms with Gasteiger partial charge in [-0.05, 0) is 26.3 Å². The summed E-state index contributed by atoms with van der Waals surface area (Å²) in [7, 11) is 0. The second kappa shape index (κ2) is 6.38. The lowest BCUT2D eigenvalue weighted by molar-refractivity contribution is -0.127. The van der Waals surface area contributed by atoms with Crippen molar-refractivity contribution < 1.29 is 14.3 Å². The highest BCUT2D eigenvalue weighted by Crippen LogP contribution is 2.28. The second-order valence-electron chi connectivity index (χ2n) is 6.69. The molecule has 0 aliphatic carbocycles. The van der Waals surface area contributed by atoms with Gasteiger partial charge in [0.05, 0.1) is 6.04 Å². The lowest BCUT2D eigenvalue weighted by atomic mass is 9.94. The fraction of sp³-hybridized carbons (Fsp3) is 0.529. The predicted molar refractivity (Wildman–Crippen MR) is 84.6 cm³/mol. The molecule has 22 heavy (non-hydrogen) atoms. The minimum Gasteiger partial charge on any atom is -0.444 e. The van der Waals surface area contributed by atoms with Crippen LogP contribution >= 0.6 is 0 Å². The van der Waals surface area contributed by atoms with Gasteiger partial charge >= 0.3 is 6.09 Å². The number of nitrogens with one attached hydrogen (secondary N) is 1. The molecule has 0 aromatic heterocycles. The molecule has 1 aromatic carbocycles. The smallest absolute Gasteiger partial charge is 0.407 e. The molecule has 2 unspecified atom stereocenters. The maximum Gasteiger partial charge on any atom is 0.407 e. The van der Waals surface area contributed by atoms with Gasteiger partial charge in [-0.1, -0.05) is 30.3 Å². The highest BCUT2D eigenvalue weighted by Gasteiger charge is 2.36. The van der Waals surface area contributed by atoms with E-state index in [-0.39, 0.29) is 17.9 Å². The maximum atomic E-state index is 12.0. The molecule has 0 spiro atoms. The molecule has 1 saturated heterocycles. The van der Waals surface area contributed by atoms with Crippen molar-refractivity contribution in [1.82, 2.24) is 10.2 Å². The van der Waals surface area contributed by atoms with Crippen molar-refractivity contribution in [1.29, 1.82) is 0 Å². The monoisotopic (exact) mass is 304 g/mol. The highest BCUT2D eigenvalue weighted by atomic mass is 16.6. The van der Waals surface area contributed by atoms with Gasteiger partial charge in [0.2, 0.25) is 5.91 Å². The van der Waals surface area contributed by atoms with Gasteiger partial charge < -0.3 is 15.0 Å². The first kappa shape index (κ1) is 16.3. The van der Waals surface area contributed by atoms with Gasteiger partial charge in [-0.3, -0.25) is 4.79 Å². The van der Waals surface area contributed by atoms with E-state index in [1.165, 1.54) is 0 Å². The predicted octanol–water partition coefficient (Wildman–Crippen LogP) is 2.53. The van der Waals surface area contributed by atoms with E-state index in [0.717, 1.165) is 5.56 Å². The third-order valence-electron chi connectivity index (χ3n) is 3.70. The van der Waals surface area contributed by atoms with Crippen LogP contribution in [0.2, 0.25) is 0 Å². The van der Waals surface area contributed by atoms with Crippen molar-refractivity contribution in [2.24, 2.45) is 0 Å². The van der Waals surface area contributed by atoms with Crippen LogP contribution < -0.4 is 5.32 Å².